The van der Waals surface area contributed by atoms with Crippen LogP contribution in [0.4, 0.5) is 0 Å². The Hall–Kier alpha value is -1.40. The molecule has 64 valence electrons. The third-order valence-electron chi connectivity index (χ3n) is 1.87. The second kappa shape index (κ2) is 2.82. The van der Waals surface area contributed by atoms with Crippen molar-refractivity contribution in [2.45, 2.75) is 13.8 Å². The fraction of sp³-hybridized carbons (Fsp3) is 0.200. The maximum absolute atomic E-state index is 8.88. The summed E-state index contributed by atoms with van der Waals surface area (Å²) in [7, 11) is 0. The molecule has 2 nitrogen and oxygen atoms in total. The van der Waals surface area contributed by atoms with Crippen LogP contribution in [-0.4, -0.2) is 4.98 Å². The zero-order chi connectivity index (χ0) is 9.42. The van der Waals surface area contributed by atoms with Crippen LogP contribution in [0.1, 0.15) is 16.1 Å². The lowest BCUT2D eigenvalue weighted by Crippen LogP contribution is -1.80. The van der Waals surface area contributed by atoms with Gasteiger partial charge in [-0.1, -0.05) is 0 Å². The quantitative estimate of drug-likeness (QED) is 0.637. The number of rotatable bonds is 0. The van der Waals surface area contributed by atoms with Gasteiger partial charge in [-0.15, -0.1) is 11.3 Å². The van der Waals surface area contributed by atoms with Crippen LogP contribution in [0.3, 0.4) is 0 Å². The molecule has 2 aromatic rings. The third-order valence-corrected chi connectivity index (χ3v) is 2.78. The summed E-state index contributed by atoms with van der Waals surface area (Å²) in [5.74, 6) is 0. The molecule has 0 N–H and O–H groups in total. The van der Waals surface area contributed by atoms with E-state index in [9.17, 15) is 0 Å². The number of aryl methyl sites for hydroxylation is 2. The molecule has 0 spiro atoms. The van der Waals surface area contributed by atoms with Gasteiger partial charge in [0.1, 0.15) is 6.07 Å². The van der Waals surface area contributed by atoms with Gasteiger partial charge in [0.2, 0.25) is 0 Å². The van der Waals surface area contributed by atoms with Gasteiger partial charge in [0.15, 0.2) is 0 Å². The molecule has 0 aliphatic carbocycles. The predicted molar refractivity (Wildman–Crippen MR) is 53.8 cm³/mol. The summed E-state index contributed by atoms with van der Waals surface area (Å²) in [5.41, 5.74) is 2.64. The van der Waals surface area contributed by atoms with Gasteiger partial charge >= 0.3 is 0 Å². The van der Waals surface area contributed by atoms with Crippen LogP contribution in [0.2, 0.25) is 0 Å². The minimum Gasteiger partial charge on any atom is -0.240 e. The van der Waals surface area contributed by atoms with E-state index in [-0.39, 0.29) is 0 Å². The molecular weight excluding hydrogens is 180 g/mol. The normalized spacial score (nSPS) is 10.2. The second-order valence-corrected chi connectivity index (χ2v) is 4.24. The van der Waals surface area contributed by atoms with Crippen LogP contribution in [-0.2, 0) is 0 Å². The Bertz CT molecular complexity index is 505. The zero-order valence-corrected chi connectivity index (χ0v) is 8.27. The maximum Gasteiger partial charge on any atom is 0.101 e. The molecule has 0 saturated heterocycles. The molecule has 0 fully saturated rings. The van der Waals surface area contributed by atoms with E-state index in [1.54, 1.807) is 11.3 Å². The number of hydrogen-bond donors (Lipinski definition) is 0. The molecule has 0 radical (unpaired) electrons. The van der Waals surface area contributed by atoms with Gasteiger partial charge in [-0.25, -0.2) is 4.98 Å². The topological polar surface area (TPSA) is 36.7 Å². The maximum atomic E-state index is 8.88. The largest absolute Gasteiger partial charge is 0.240 e. The first-order valence-corrected chi connectivity index (χ1v) is 4.80. The van der Waals surface area contributed by atoms with Gasteiger partial charge in [0.05, 0.1) is 20.8 Å². The highest BCUT2D eigenvalue weighted by Gasteiger charge is 2.06. The number of benzene rings is 1. The van der Waals surface area contributed by atoms with Crippen molar-refractivity contribution < 1.29 is 0 Å². The number of hydrogen-bond acceptors (Lipinski definition) is 3. The lowest BCUT2D eigenvalue weighted by atomic mass is 10.1. The Morgan fingerprint density at radius 3 is 2.85 bits per heavy atom. The Labute approximate surface area is 80.5 Å². The SMILES string of the molecule is Cc1cc(C#N)c2nc(C)sc2c1. The highest BCUT2D eigenvalue weighted by atomic mass is 32.1. The molecule has 0 saturated carbocycles. The number of nitriles is 1. The summed E-state index contributed by atoms with van der Waals surface area (Å²) in [6, 6.07) is 6.12. The van der Waals surface area contributed by atoms with Crippen molar-refractivity contribution in [1.82, 2.24) is 4.98 Å². The Kier molecular flexibility index (Phi) is 1.78. The van der Waals surface area contributed by atoms with Gasteiger partial charge in [-0.05, 0) is 31.5 Å². The third kappa shape index (κ3) is 1.30. The van der Waals surface area contributed by atoms with E-state index >= 15 is 0 Å². The fourth-order valence-corrected chi connectivity index (χ4v) is 2.32. The summed E-state index contributed by atoms with van der Waals surface area (Å²) in [5, 5.41) is 9.90. The summed E-state index contributed by atoms with van der Waals surface area (Å²) in [4.78, 5) is 4.32. The van der Waals surface area contributed by atoms with Crippen LogP contribution < -0.4 is 0 Å². The van der Waals surface area contributed by atoms with Gasteiger partial charge in [0, 0.05) is 0 Å². The first-order chi connectivity index (χ1) is 6.20. The van der Waals surface area contributed by atoms with Gasteiger partial charge in [0.25, 0.3) is 0 Å². The molecule has 0 unspecified atom stereocenters. The van der Waals surface area contributed by atoms with Crippen LogP contribution in [0, 0.1) is 25.2 Å². The lowest BCUT2D eigenvalue weighted by molar-refractivity contribution is 1.33. The minimum atomic E-state index is 0.680. The first kappa shape index (κ1) is 8.21. The summed E-state index contributed by atoms with van der Waals surface area (Å²) >= 11 is 1.63. The van der Waals surface area contributed by atoms with Crippen molar-refractivity contribution in [2.24, 2.45) is 0 Å². The second-order valence-electron chi connectivity index (χ2n) is 3.00. The monoisotopic (exact) mass is 188 g/mol. The van der Waals surface area contributed by atoms with E-state index < -0.39 is 0 Å². The van der Waals surface area contributed by atoms with E-state index in [4.69, 9.17) is 5.26 Å². The Morgan fingerprint density at radius 1 is 1.38 bits per heavy atom. The number of aromatic nitrogens is 1. The van der Waals surface area contributed by atoms with Gasteiger partial charge in [-0.2, -0.15) is 5.26 Å². The fourth-order valence-electron chi connectivity index (χ4n) is 1.36. The number of fused-ring (bicyclic) bond motifs is 1. The van der Waals surface area contributed by atoms with E-state index in [1.807, 2.05) is 19.9 Å². The molecule has 0 bridgehead atoms. The predicted octanol–water partition coefficient (Wildman–Crippen LogP) is 2.78. The molecule has 13 heavy (non-hydrogen) atoms. The van der Waals surface area contributed by atoms with Crippen molar-refractivity contribution in [2.75, 3.05) is 0 Å². The van der Waals surface area contributed by atoms with Crippen molar-refractivity contribution in [1.29, 1.82) is 5.26 Å². The van der Waals surface area contributed by atoms with Crippen LogP contribution in [0.25, 0.3) is 10.2 Å². The molecule has 0 aliphatic rings. The molecule has 0 atom stereocenters. The molecular formula is C10H8N2S. The smallest absolute Gasteiger partial charge is 0.101 e. The molecule has 0 aliphatic heterocycles. The van der Waals surface area contributed by atoms with Crippen LogP contribution >= 0.6 is 11.3 Å². The summed E-state index contributed by atoms with van der Waals surface area (Å²) < 4.78 is 1.11. The molecule has 3 heteroatoms. The van der Waals surface area contributed by atoms with E-state index in [0.29, 0.717) is 5.56 Å². The number of thiazole rings is 1. The first-order valence-electron chi connectivity index (χ1n) is 3.98. The van der Waals surface area contributed by atoms with E-state index in [1.165, 1.54) is 0 Å². The summed E-state index contributed by atoms with van der Waals surface area (Å²) in [6.45, 7) is 3.95. The van der Waals surface area contributed by atoms with Gasteiger partial charge in [-0.3, -0.25) is 0 Å². The molecule has 2 rings (SSSR count). The van der Waals surface area contributed by atoms with Crippen molar-refractivity contribution in [3.05, 3.63) is 28.3 Å². The molecule has 0 amide bonds. The van der Waals surface area contributed by atoms with Crippen LogP contribution in [0.15, 0.2) is 12.1 Å². The van der Waals surface area contributed by atoms with E-state index in [0.717, 1.165) is 20.8 Å². The molecule has 1 aromatic heterocycles. The average molecular weight is 188 g/mol. The highest BCUT2D eigenvalue weighted by molar-refractivity contribution is 7.18. The van der Waals surface area contributed by atoms with E-state index in [2.05, 4.69) is 17.1 Å². The lowest BCUT2D eigenvalue weighted by Gasteiger charge is -1.93. The zero-order valence-electron chi connectivity index (χ0n) is 7.46. The summed E-state index contributed by atoms with van der Waals surface area (Å²) in [6.07, 6.45) is 0. The average Bonchev–Trinajstić information content (AvgIpc) is 2.43. The minimum absolute atomic E-state index is 0.680. The number of nitrogens with zero attached hydrogens (tertiary/aromatic N) is 2. The van der Waals surface area contributed by atoms with Gasteiger partial charge < -0.3 is 0 Å². The Balaban J connectivity index is 2.90. The standard InChI is InChI=1S/C10H8N2S/c1-6-3-8(5-11)10-9(4-6)13-7(2)12-10/h3-4H,1-2H3. The van der Waals surface area contributed by atoms with Crippen molar-refractivity contribution >= 4 is 21.6 Å². The molecule has 1 aromatic carbocycles. The Morgan fingerprint density at radius 2 is 2.15 bits per heavy atom. The highest BCUT2D eigenvalue weighted by Crippen LogP contribution is 2.25. The van der Waals surface area contributed by atoms with Crippen molar-refractivity contribution in [3.8, 4) is 6.07 Å². The van der Waals surface area contributed by atoms with Crippen molar-refractivity contribution in [3.63, 3.8) is 0 Å². The molecule has 1 heterocycles. The van der Waals surface area contributed by atoms with Crippen LogP contribution in [0.5, 0.6) is 0 Å².